The van der Waals surface area contributed by atoms with E-state index in [9.17, 15) is 4.39 Å². The van der Waals surface area contributed by atoms with Gasteiger partial charge in [-0.3, -0.25) is 4.99 Å². The predicted molar refractivity (Wildman–Crippen MR) is 161 cm³/mol. The number of hydrogen-bond acceptors (Lipinski definition) is 5. The van der Waals surface area contributed by atoms with Crippen LogP contribution in [0.4, 0.5) is 10.2 Å². The molecule has 2 aromatic heterocycles. The highest BCUT2D eigenvalue weighted by molar-refractivity contribution is 7.80. The summed E-state index contributed by atoms with van der Waals surface area (Å²) in [5, 5.41) is 0. The lowest BCUT2D eigenvalue weighted by molar-refractivity contribution is 0.516. The molecular formula is C30H35FN6S. The van der Waals surface area contributed by atoms with Crippen LogP contribution in [0.3, 0.4) is 0 Å². The molecule has 4 rings (SSSR count). The van der Waals surface area contributed by atoms with Gasteiger partial charge in [0.2, 0.25) is 0 Å². The van der Waals surface area contributed by atoms with E-state index in [0.29, 0.717) is 37.0 Å². The van der Waals surface area contributed by atoms with E-state index in [4.69, 9.17) is 5.73 Å². The first-order valence-corrected chi connectivity index (χ1v) is 13.6. The van der Waals surface area contributed by atoms with Crippen molar-refractivity contribution < 1.29 is 4.39 Å². The molecule has 0 aliphatic heterocycles. The van der Waals surface area contributed by atoms with Gasteiger partial charge in [-0.15, -0.1) is 0 Å². The van der Waals surface area contributed by atoms with Gasteiger partial charge in [0.05, 0.1) is 0 Å². The topological polar surface area (TPSA) is 80.9 Å². The third-order valence-corrected chi connectivity index (χ3v) is 7.51. The number of aromatic nitrogens is 2. The molecule has 0 saturated heterocycles. The molecule has 0 radical (unpaired) electrons. The smallest absolute Gasteiger partial charge is 0.151 e. The summed E-state index contributed by atoms with van der Waals surface area (Å²) >= 11 is 4.44. The maximum atomic E-state index is 14.5. The van der Waals surface area contributed by atoms with Crippen molar-refractivity contribution in [3.05, 3.63) is 83.4 Å². The fourth-order valence-corrected chi connectivity index (χ4v) is 5.77. The van der Waals surface area contributed by atoms with Gasteiger partial charge in [-0.1, -0.05) is 12.6 Å². The largest absolute Gasteiger partial charge is 0.405 e. The third kappa shape index (κ3) is 6.67. The fourth-order valence-electron chi connectivity index (χ4n) is 5.40. The molecule has 0 spiro atoms. The van der Waals surface area contributed by atoms with Gasteiger partial charge in [0.25, 0.3) is 0 Å². The standard InChI is InChI=1S/C30H35FN6S/c1-21(27(17-34-20-33-2)24-6-4-22(14-24)10-13-38)28-19-37(29-8-7-25(31)15-26(28)29)18-23-5-9-30(36-16-23)35-12-3-11-32/h3,5,9,11-12,15-17,19-20,22,24,38H,1-2,4,6-8,10,13-14,18,32H2/b11-3?,27-17-,34-20?,35-12?. The van der Waals surface area contributed by atoms with Crippen molar-refractivity contribution >= 4 is 49.4 Å². The second-order valence-corrected chi connectivity index (χ2v) is 10.2. The van der Waals surface area contributed by atoms with Crippen molar-refractivity contribution in [2.75, 3.05) is 5.75 Å². The van der Waals surface area contributed by atoms with E-state index in [1.165, 1.54) is 19.0 Å². The third-order valence-electron chi connectivity index (χ3n) is 7.25. The second kappa shape index (κ2) is 13.3. The number of fused-ring (bicyclic) bond motifs is 1. The van der Waals surface area contributed by atoms with E-state index in [1.54, 1.807) is 18.4 Å². The van der Waals surface area contributed by atoms with Crippen molar-refractivity contribution in [2.24, 2.45) is 32.5 Å². The summed E-state index contributed by atoms with van der Waals surface area (Å²) in [6.07, 6.45) is 19.0. The van der Waals surface area contributed by atoms with Crippen LogP contribution in [0.1, 0.15) is 54.5 Å². The quantitative estimate of drug-likeness (QED) is 0.146. The predicted octanol–water partition coefficient (Wildman–Crippen LogP) is 6.72. The van der Waals surface area contributed by atoms with Gasteiger partial charge in [-0.05, 0) is 97.5 Å². The van der Waals surface area contributed by atoms with Gasteiger partial charge in [0, 0.05) is 54.6 Å². The van der Waals surface area contributed by atoms with Gasteiger partial charge in [0.15, 0.2) is 5.82 Å². The first-order chi connectivity index (χ1) is 18.5. The number of hydrogen-bond donors (Lipinski definition) is 2. The summed E-state index contributed by atoms with van der Waals surface area (Å²) in [7, 11) is 0. The number of nitrogens with two attached hydrogens (primary N) is 1. The summed E-state index contributed by atoms with van der Waals surface area (Å²) in [6, 6.07) is 3.88. The monoisotopic (exact) mass is 530 g/mol. The molecule has 2 aliphatic rings. The minimum Gasteiger partial charge on any atom is -0.405 e. The number of nitrogens with zero attached hydrogens (tertiary/aromatic N) is 5. The van der Waals surface area contributed by atoms with Crippen LogP contribution in [0.15, 0.2) is 76.0 Å². The van der Waals surface area contributed by atoms with Gasteiger partial charge in [0.1, 0.15) is 12.2 Å². The highest BCUT2D eigenvalue weighted by atomic mass is 32.1. The Labute approximate surface area is 229 Å². The molecule has 1 saturated carbocycles. The average Bonchev–Trinajstić information content (AvgIpc) is 3.52. The number of halogens is 1. The van der Waals surface area contributed by atoms with Crippen LogP contribution < -0.4 is 5.73 Å². The van der Waals surface area contributed by atoms with Gasteiger partial charge < -0.3 is 10.3 Å². The lowest BCUT2D eigenvalue weighted by Gasteiger charge is -2.18. The molecule has 8 heteroatoms. The molecule has 0 bridgehead atoms. The van der Waals surface area contributed by atoms with Crippen molar-refractivity contribution in [2.45, 2.75) is 45.1 Å². The molecule has 198 valence electrons. The Balaban J connectivity index is 1.65. The van der Waals surface area contributed by atoms with Crippen LogP contribution in [0.5, 0.6) is 0 Å². The Hall–Kier alpha value is -3.52. The van der Waals surface area contributed by atoms with Gasteiger partial charge in [-0.2, -0.15) is 12.6 Å². The van der Waals surface area contributed by atoms with Crippen LogP contribution in [0.2, 0.25) is 0 Å². The zero-order valence-electron chi connectivity index (χ0n) is 21.6. The molecule has 6 nitrogen and oxygen atoms in total. The highest BCUT2D eigenvalue weighted by Crippen LogP contribution is 2.44. The Morgan fingerprint density at radius 1 is 1.29 bits per heavy atom. The van der Waals surface area contributed by atoms with E-state index in [2.05, 4.69) is 56.7 Å². The van der Waals surface area contributed by atoms with E-state index in [1.807, 2.05) is 24.5 Å². The maximum absolute atomic E-state index is 14.5. The molecule has 2 aromatic rings. The minimum absolute atomic E-state index is 0.103. The van der Waals surface area contributed by atoms with Crippen molar-refractivity contribution in [3.8, 4) is 0 Å². The number of aliphatic imine (C=N–C) groups is 3. The van der Waals surface area contributed by atoms with Crippen molar-refractivity contribution in [3.63, 3.8) is 0 Å². The molecule has 2 atom stereocenters. The summed E-state index contributed by atoms with van der Waals surface area (Å²) in [5.41, 5.74) is 11.3. The number of thiol groups is 1. The molecule has 2 aliphatic carbocycles. The Kier molecular flexibility index (Phi) is 9.65. The Bertz CT molecular complexity index is 1300. The maximum Gasteiger partial charge on any atom is 0.151 e. The zero-order valence-corrected chi connectivity index (χ0v) is 22.5. The Morgan fingerprint density at radius 2 is 2.16 bits per heavy atom. The SMILES string of the molecule is C=NC=N/C=C(/C(=C)c1cn(Cc2ccc(N=CC=CN)nc2)c2c1C=C(F)CC2)C1CCC(CCS)C1. The molecule has 0 aromatic carbocycles. The summed E-state index contributed by atoms with van der Waals surface area (Å²) in [6.45, 7) is 8.62. The fraction of sp³-hybridized carbons (Fsp3) is 0.333. The van der Waals surface area contributed by atoms with Crippen LogP contribution in [-0.2, 0) is 13.0 Å². The van der Waals surface area contributed by atoms with E-state index >= 15 is 0 Å². The number of pyridine rings is 1. The van der Waals surface area contributed by atoms with E-state index in [-0.39, 0.29) is 5.83 Å². The Morgan fingerprint density at radius 3 is 2.89 bits per heavy atom. The normalized spacial score (nSPS) is 19.9. The summed E-state index contributed by atoms with van der Waals surface area (Å²) in [5.74, 6) is 2.39. The van der Waals surface area contributed by atoms with Gasteiger partial charge >= 0.3 is 0 Å². The van der Waals surface area contributed by atoms with Crippen LogP contribution >= 0.6 is 12.6 Å². The number of rotatable bonds is 11. The molecule has 1 fully saturated rings. The van der Waals surface area contributed by atoms with Crippen LogP contribution in [0, 0.1) is 11.8 Å². The lowest BCUT2D eigenvalue weighted by atomic mass is 9.86. The molecule has 2 N–H and O–H groups in total. The average molecular weight is 531 g/mol. The summed E-state index contributed by atoms with van der Waals surface area (Å²) in [4.78, 5) is 16.8. The zero-order chi connectivity index (χ0) is 26.9. The van der Waals surface area contributed by atoms with Gasteiger partial charge in [-0.25, -0.2) is 19.4 Å². The second-order valence-electron chi connectivity index (χ2n) is 9.71. The minimum atomic E-state index is -0.103. The first-order valence-electron chi connectivity index (χ1n) is 13.0. The van der Waals surface area contributed by atoms with Crippen molar-refractivity contribution in [1.29, 1.82) is 0 Å². The first kappa shape index (κ1) is 27.5. The van der Waals surface area contributed by atoms with E-state index in [0.717, 1.165) is 58.5 Å². The molecule has 2 heterocycles. The summed E-state index contributed by atoms with van der Waals surface area (Å²) < 4.78 is 16.7. The van der Waals surface area contributed by atoms with E-state index < -0.39 is 0 Å². The van der Waals surface area contributed by atoms with Crippen molar-refractivity contribution in [1.82, 2.24) is 9.55 Å². The lowest BCUT2D eigenvalue weighted by Crippen LogP contribution is -2.07. The van der Waals surface area contributed by atoms with Crippen LogP contribution in [0.25, 0.3) is 11.6 Å². The molecule has 0 amide bonds. The molecule has 2 unspecified atom stereocenters. The highest BCUT2D eigenvalue weighted by Gasteiger charge is 2.30. The molecular weight excluding hydrogens is 495 g/mol. The van der Waals surface area contributed by atoms with Crippen LogP contribution in [-0.4, -0.2) is 34.6 Å². The molecule has 38 heavy (non-hydrogen) atoms. The number of allylic oxidation sites excluding steroid dienone is 4.